The van der Waals surface area contributed by atoms with Crippen molar-refractivity contribution in [3.05, 3.63) is 28.2 Å². The molecule has 3 nitrogen and oxygen atoms in total. The predicted molar refractivity (Wildman–Crippen MR) is 73.9 cm³/mol. The Morgan fingerprint density at radius 2 is 2.18 bits per heavy atom. The quantitative estimate of drug-likeness (QED) is 0.597. The molecule has 0 atom stereocenters. The summed E-state index contributed by atoms with van der Waals surface area (Å²) in [6, 6.07) is 5.72. The van der Waals surface area contributed by atoms with Crippen molar-refractivity contribution in [3.63, 3.8) is 0 Å². The van der Waals surface area contributed by atoms with E-state index in [4.69, 9.17) is 4.74 Å². The van der Waals surface area contributed by atoms with Crippen molar-refractivity contribution in [1.29, 1.82) is 0 Å². The molecule has 0 fully saturated rings. The topological polar surface area (TPSA) is 29.5 Å². The Labute approximate surface area is 111 Å². The van der Waals surface area contributed by atoms with E-state index in [1.165, 1.54) is 0 Å². The molecular formula is C13H18BrNO2. The molecule has 0 aliphatic carbocycles. The van der Waals surface area contributed by atoms with Crippen LogP contribution >= 0.6 is 15.9 Å². The Bertz CT molecular complexity index is 393. The summed E-state index contributed by atoms with van der Waals surface area (Å²) < 4.78 is 6.01. The number of hydrogen-bond acceptors (Lipinski definition) is 3. The van der Waals surface area contributed by atoms with Crippen LogP contribution < -0.4 is 4.90 Å². The largest absolute Gasteiger partial charge is 0.385 e. The van der Waals surface area contributed by atoms with Crippen LogP contribution in [-0.4, -0.2) is 33.1 Å². The Balaban J connectivity index is 2.86. The number of ether oxygens (including phenoxy) is 1. The molecule has 0 saturated heterocycles. The number of methoxy groups -OCH3 is 1. The van der Waals surface area contributed by atoms with Gasteiger partial charge in [-0.15, -0.1) is 0 Å². The average molecular weight is 300 g/mol. The molecule has 0 heterocycles. The van der Waals surface area contributed by atoms with Gasteiger partial charge in [-0.1, -0.05) is 15.9 Å². The maximum absolute atomic E-state index is 11.5. The van der Waals surface area contributed by atoms with Crippen LogP contribution in [0.1, 0.15) is 23.7 Å². The number of halogens is 1. The highest BCUT2D eigenvalue weighted by Gasteiger charge is 2.11. The fraction of sp³-hybridized carbons (Fsp3) is 0.462. The van der Waals surface area contributed by atoms with E-state index in [9.17, 15) is 4.79 Å². The molecule has 0 aliphatic rings. The van der Waals surface area contributed by atoms with Gasteiger partial charge in [-0.3, -0.25) is 4.79 Å². The van der Waals surface area contributed by atoms with Crippen molar-refractivity contribution in [3.8, 4) is 0 Å². The van der Waals surface area contributed by atoms with E-state index in [0.717, 1.165) is 35.3 Å². The van der Waals surface area contributed by atoms with Crippen LogP contribution in [0.2, 0.25) is 0 Å². The van der Waals surface area contributed by atoms with Crippen molar-refractivity contribution in [2.24, 2.45) is 0 Å². The summed E-state index contributed by atoms with van der Waals surface area (Å²) in [4.78, 5) is 13.6. The Morgan fingerprint density at radius 3 is 2.76 bits per heavy atom. The standard InChI is InChI=1S/C13H18BrNO2/c1-10(16)12-6-5-11(14)9-13(12)15(2)7-4-8-17-3/h5-6,9H,4,7-8H2,1-3H3. The molecule has 0 aromatic heterocycles. The number of ketones is 1. The van der Waals surface area contributed by atoms with E-state index < -0.39 is 0 Å². The second kappa shape index (κ2) is 6.77. The minimum atomic E-state index is 0.0890. The van der Waals surface area contributed by atoms with E-state index in [1.54, 1.807) is 14.0 Å². The number of rotatable bonds is 6. The Morgan fingerprint density at radius 1 is 1.47 bits per heavy atom. The summed E-state index contributed by atoms with van der Waals surface area (Å²) in [5.41, 5.74) is 1.72. The zero-order valence-corrected chi connectivity index (χ0v) is 12.1. The molecule has 4 heteroatoms. The highest BCUT2D eigenvalue weighted by Crippen LogP contribution is 2.25. The second-order valence-electron chi connectivity index (χ2n) is 3.99. The number of benzene rings is 1. The lowest BCUT2D eigenvalue weighted by Gasteiger charge is -2.21. The summed E-state index contributed by atoms with van der Waals surface area (Å²) >= 11 is 3.43. The van der Waals surface area contributed by atoms with Crippen LogP contribution in [0.3, 0.4) is 0 Å². The molecule has 0 unspecified atom stereocenters. The number of anilines is 1. The maximum Gasteiger partial charge on any atom is 0.161 e. The number of nitrogens with zero attached hydrogens (tertiary/aromatic N) is 1. The average Bonchev–Trinajstić information content (AvgIpc) is 2.28. The van der Waals surface area contributed by atoms with Crippen LogP contribution in [0, 0.1) is 0 Å². The van der Waals surface area contributed by atoms with Crippen molar-refractivity contribution in [2.75, 3.05) is 32.2 Å². The van der Waals surface area contributed by atoms with Crippen LogP contribution in [-0.2, 0) is 4.74 Å². The van der Waals surface area contributed by atoms with E-state index in [2.05, 4.69) is 20.8 Å². The second-order valence-corrected chi connectivity index (χ2v) is 4.90. The molecule has 0 amide bonds. The minimum absolute atomic E-state index is 0.0890. The summed E-state index contributed by atoms with van der Waals surface area (Å²) in [5, 5.41) is 0. The first-order chi connectivity index (χ1) is 8.06. The van der Waals surface area contributed by atoms with E-state index >= 15 is 0 Å². The van der Waals surface area contributed by atoms with Gasteiger partial charge in [-0.05, 0) is 31.5 Å². The van der Waals surface area contributed by atoms with Gasteiger partial charge in [0, 0.05) is 43.0 Å². The molecule has 1 aromatic rings. The van der Waals surface area contributed by atoms with E-state index in [0.29, 0.717) is 0 Å². The zero-order valence-electron chi connectivity index (χ0n) is 10.5. The highest BCUT2D eigenvalue weighted by atomic mass is 79.9. The predicted octanol–water partition coefficient (Wildman–Crippen LogP) is 3.12. The summed E-state index contributed by atoms with van der Waals surface area (Å²) in [7, 11) is 3.68. The first-order valence-corrected chi connectivity index (χ1v) is 6.36. The first kappa shape index (κ1) is 14.2. The van der Waals surface area contributed by atoms with Gasteiger partial charge in [-0.25, -0.2) is 0 Å². The normalized spacial score (nSPS) is 10.4. The fourth-order valence-electron chi connectivity index (χ4n) is 1.68. The van der Waals surface area contributed by atoms with Crippen molar-refractivity contribution in [2.45, 2.75) is 13.3 Å². The number of hydrogen-bond donors (Lipinski definition) is 0. The van der Waals surface area contributed by atoms with Gasteiger partial charge < -0.3 is 9.64 Å². The number of Topliss-reactive ketones (excluding diaryl/α,β-unsaturated/α-hetero) is 1. The van der Waals surface area contributed by atoms with Gasteiger partial charge in [0.1, 0.15) is 0 Å². The zero-order chi connectivity index (χ0) is 12.8. The van der Waals surface area contributed by atoms with E-state index in [1.807, 2.05) is 25.2 Å². The SMILES string of the molecule is COCCCN(C)c1cc(Br)ccc1C(C)=O. The molecule has 0 aliphatic heterocycles. The van der Waals surface area contributed by atoms with Crippen LogP contribution in [0.15, 0.2) is 22.7 Å². The number of carbonyl (C=O) groups is 1. The first-order valence-electron chi connectivity index (χ1n) is 5.57. The lowest BCUT2D eigenvalue weighted by molar-refractivity contribution is 0.101. The van der Waals surface area contributed by atoms with Crippen molar-refractivity contribution in [1.82, 2.24) is 0 Å². The van der Waals surface area contributed by atoms with Crippen LogP contribution in [0.5, 0.6) is 0 Å². The molecule has 0 radical (unpaired) electrons. The summed E-state index contributed by atoms with van der Waals surface area (Å²) in [6.07, 6.45) is 0.941. The molecule has 0 bridgehead atoms. The Kier molecular flexibility index (Phi) is 5.65. The van der Waals surface area contributed by atoms with Gasteiger partial charge in [0.25, 0.3) is 0 Å². The lowest BCUT2D eigenvalue weighted by atomic mass is 10.1. The smallest absolute Gasteiger partial charge is 0.161 e. The van der Waals surface area contributed by atoms with Crippen molar-refractivity contribution >= 4 is 27.4 Å². The number of carbonyl (C=O) groups excluding carboxylic acids is 1. The maximum atomic E-state index is 11.5. The van der Waals surface area contributed by atoms with E-state index in [-0.39, 0.29) is 5.78 Å². The van der Waals surface area contributed by atoms with Gasteiger partial charge in [0.05, 0.1) is 0 Å². The third-order valence-electron chi connectivity index (χ3n) is 2.59. The molecule has 1 aromatic carbocycles. The van der Waals surface area contributed by atoms with Gasteiger partial charge in [0.2, 0.25) is 0 Å². The molecule has 17 heavy (non-hydrogen) atoms. The van der Waals surface area contributed by atoms with Gasteiger partial charge in [-0.2, -0.15) is 0 Å². The third-order valence-corrected chi connectivity index (χ3v) is 3.09. The van der Waals surface area contributed by atoms with Crippen LogP contribution in [0.4, 0.5) is 5.69 Å². The third kappa shape index (κ3) is 4.13. The lowest BCUT2D eigenvalue weighted by Crippen LogP contribution is -2.21. The van der Waals surface area contributed by atoms with Crippen LogP contribution in [0.25, 0.3) is 0 Å². The minimum Gasteiger partial charge on any atom is -0.385 e. The summed E-state index contributed by atoms with van der Waals surface area (Å²) in [6.45, 7) is 3.19. The highest BCUT2D eigenvalue weighted by molar-refractivity contribution is 9.10. The summed E-state index contributed by atoms with van der Waals surface area (Å²) in [5.74, 6) is 0.0890. The molecule has 94 valence electrons. The molecule has 1 rings (SSSR count). The monoisotopic (exact) mass is 299 g/mol. The van der Waals surface area contributed by atoms with Gasteiger partial charge >= 0.3 is 0 Å². The molecule has 0 saturated carbocycles. The van der Waals surface area contributed by atoms with Gasteiger partial charge in [0.15, 0.2) is 5.78 Å². The molecule has 0 spiro atoms. The molecular weight excluding hydrogens is 282 g/mol. The molecule has 0 N–H and O–H groups in total. The van der Waals surface area contributed by atoms with Crippen molar-refractivity contribution < 1.29 is 9.53 Å². The Hall–Kier alpha value is -0.870. The fourth-order valence-corrected chi connectivity index (χ4v) is 2.03.